The number of hydrogen-bond acceptors (Lipinski definition) is 3. The lowest BCUT2D eigenvalue weighted by Gasteiger charge is -2.32. The van der Waals surface area contributed by atoms with Gasteiger partial charge in [-0.25, -0.2) is 4.39 Å². The summed E-state index contributed by atoms with van der Waals surface area (Å²) in [4.78, 5) is 6.57. The van der Waals surface area contributed by atoms with Gasteiger partial charge in [0.25, 0.3) is 0 Å². The molecular weight excluding hydrogens is 305 g/mol. The molecule has 0 radical (unpaired) electrons. The Hall–Kier alpha value is -2.39. The van der Waals surface area contributed by atoms with Crippen molar-refractivity contribution >= 4 is 5.96 Å². The highest BCUT2D eigenvalue weighted by atomic mass is 19.1. The number of nitriles is 1. The highest BCUT2D eigenvalue weighted by Crippen LogP contribution is 2.11. The van der Waals surface area contributed by atoms with Crippen LogP contribution < -0.4 is 10.6 Å². The first kappa shape index (κ1) is 18.0. The summed E-state index contributed by atoms with van der Waals surface area (Å²) in [5, 5.41) is 15.4. The fourth-order valence-electron chi connectivity index (χ4n) is 2.79. The lowest BCUT2D eigenvalue weighted by atomic mass is 10.1. The molecule has 24 heavy (non-hydrogen) atoms. The number of likely N-dealkylation sites (tertiary alicyclic amines) is 1. The lowest BCUT2D eigenvalue weighted by Crippen LogP contribution is -2.48. The average molecular weight is 329 g/mol. The van der Waals surface area contributed by atoms with Crippen LogP contribution in [0.5, 0.6) is 0 Å². The van der Waals surface area contributed by atoms with Crippen LogP contribution in [-0.4, -0.2) is 43.6 Å². The minimum Gasteiger partial charge on any atom is -0.354 e. The van der Waals surface area contributed by atoms with Crippen molar-refractivity contribution in [1.82, 2.24) is 15.5 Å². The summed E-state index contributed by atoms with van der Waals surface area (Å²) in [7, 11) is 1.70. The summed E-state index contributed by atoms with van der Waals surface area (Å²) >= 11 is 0. The van der Waals surface area contributed by atoms with Crippen molar-refractivity contribution in [2.45, 2.75) is 25.4 Å². The van der Waals surface area contributed by atoms with Gasteiger partial charge in [-0.2, -0.15) is 5.26 Å². The van der Waals surface area contributed by atoms with Crippen LogP contribution in [0.3, 0.4) is 0 Å². The molecule has 1 aromatic carbocycles. The first-order valence-corrected chi connectivity index (χ1v) is 8.15. The second-order valence-electron chi connectivity index (χ2n) is 5.85. The van der Waals surface area contributed by atoms with Gasteiger partial charge in [0.05, 0.1) is 11.6 Å². The largest absolute Gasteiger partial charge is 0.354 e. The van der Waals surface area contributed by atoms with E-state index in [1.54, 1.807) is 13.1 Å². The Kier molecular flexibility index (Phi) is 6.76. The summed E-state index contributed by atoms with van der Waals surface area (Å²) < 4.78 is 13.8. The maximum absolute atomic E-state index is 13.8. The van der Waals surface area contributed by atoms with E-state index in [-0.39, 0.29) is 12.4 Å². The standard InChI is InChI=1S/C18H24FN5/c1-3-8-24-9-6-16(7-10-24)23-18(21-2)22-13-15-11-14(12-20)4-5-17(15)19/h3-5,11,16H,1,6-10,13H2,2H3,(H2,21,22,23). The zero-order chi connectivity index (χ0) is 17.4. The number of aliphatic imine (C=N–C) groups is 1. The zero-order valence-electron chi connectivity index (χ0n) is 14.1. The Morgan fingerprint density at radius 3 is 2.88 bits per heavy atom. The van der Waals surface area contributed by atoms with Gasteiger partial charge in [-0.3, -0.25) is 9.89 Å². The highest BCUT2D eigenvalue weighted by Gasteiger charge is 2.19. The van der Waals surface area contributed by atoms with Crippen molar-refractivity contribution in [3.05, 3.63) is 47.8 Å². The minimum atomic E-state index is -0.324. The zero-order valence-corrected chi connectivity index (χ0v) is 14.1. The lowest BCUT2D eigenvalue weighted by molar-refractivity contribution is 0.225. The van der Waals surface area contributed by atoms with Crippen molar-refractivity contribution in [3.63, 3.8) is 0 Å². The molecule has 0 bridgehead atoms. The smallest absolute Gasteiger partial charge is 0.191 e. The van der Waals surface area contributed by atoms with E-state index in [1.807, 2.05) is 12.1 Å². The molecule has 2 N–H and O–H groups in total. The molecule has 2 rings (SSSR count). The number of hydrogen-bond donors (Lipinski definition) is 2. The third-order valence-corrected chi connectivity index (χ3v) is 4.16. The van der Waals surface area contributed by atoms with Crippen LogP contribution in [0, 0.1) is 17.1 Å². The molecule has 0 aliphatic carbocycles. The number of nitrogens with one attached hydrogen (secondary N) is 2. The van der Waals surface area contributed by atoms with Gasteiger partial charge < -0.3 is 10.6 Å². The topological polar surface area (TPSA) is 63.4 Å². The van der Waals surface area contributed by atoms with Crippen LogP contribution in [0.2, 0.25) is 0 Å². The molecule has 1 heterocycles. The number of halogens is 1. The Bertz CT molecular complexity index is 627. The van der Waals surface area contributed by atoms with E-state index < -0.39 is 0 Å². The quantitative estimate of drug-likeness (QED) is 0.493. The fraction of sp³-hybridized carbons (Fsp3) is 0.444. The maximum atomic E-state index is 13.8. The Labute approximate surface area is 142 Å². The summed E-state index contributed by atoms with van der Waals surface area (Å²) in [5.74, 6) is 0.327. The molecule has 5 nitrogen and oxygen atoms in total. The van der Waals surface area contributed by atoms with Crippen molar-refractivity contribution in [3.8, 4) is 6.07 Å². The molecule has 0 saturated carbocycles. The molecule has 0 aromatic heterocycles. The summed E-state index contributed by atoms with van der Waals surface area (Å²) in [6, 6.07) is 6.73. The number of benzene rings is 1. The minimum absolute atomic E-state index is 0.288. The maximum Gasteiger partial charge on any atom is 0.191 e. The Balaban J connectivity index is 1.85. The number of guanidine groups is 1. The van der Waals surface area contributed by atoms with E-state index in [0.29, 0.717) is 23.1 Å². The molecule has 1 fully saturated rings. The molecule has 1 aliphatic rings. The SMILES string of the molecule is C=CCN1CCC(NC(=NC)NCc2cc(C#N)ccc2F)CC1. The molecule has 0 atom stereocenters. The van der Waals surface area contributed by atoms with Gasteiger partial charge in [0.15, 0.2) is 5.96 Å². The van der Waals surface area contributed by atoms with Gasteiger partial charge in [-0.1, -0.05) is 6.08 Å². The molecule has 1 aliphatic heterocycles. The number of nitrogens with zero attached hydrogens (tertiary/aromatic N) is 3. The van der Waals surface area contributed by atoms with Crippen LogP contribution in [0.25, 0.3) is 0 Å². The predicted octanol–water partition coefficient (Wildman–Crippen LogP) is 2.01. The summed E-state index contributed by atoms with van der Waals surface area (Å²) in [6.45, 7) is 7.04. The molecule has 1 saturated heterocycles. The van der Waals surface area contributed by atoms with Crippen LogP contribution >= 0.6 is 0 Å². The molecule has 6 heteroatoms. The predicted molar refractivity (Wildman–Crippen MR) is 94.1 cm³/mol. The van der Waals surface area contributed by atoms with Crippen molar-refractivity contribution < 1.29 is 4.39 Å². The average Bonchev–Trinajstić information content (AvgIpc) is 2.61. The van der Waals surface area contributed by atoms with Gasteiger partial charge in [0.1, 0.15) is 5.82 Å². The number of piperidine rings is 1. The van der Waals surface area contributed by atoms with Crippen molar-refractivity contribution in [2.75, 3.05) is 26.7 Å². The van der Waals surface area contributed by atoms with E-state index >= 15 is 0 Å². The second kappa shape index (κ2) is 9.04. The highest BCUT2D eigenvalue weighted by molar-refractivity contribution is 5.80. The van der Waals surface area contributed by atoms with Gasteiger partial charge in [-0.15, -0.1) is 6.58 Å². The molecule has 128 valence electrons. The summed E-state index contributed by atoms with van der Waals surface area (Å²) in [6.07, 6.45) is 4.00. The Morgan fingerprint density at radius 1 is 1.50 bits per heavy atom. The van der Waals surface area contributed by atoms with Crippen LogP contribution in [0.1, 0.15) is 24.0 Å². The van der Waals surface area contributed by atoms with E-state index in [1.165, 1.54) is 12.1 Å². The van der Waals surface area contributed by atoms with Gasteiger partial charge in [0.2, 0.25) is 0 Å². The van der Waals surface area contributed by atoms with Gasteiger partial charge in [-0.05, 0) is 31.0 Å². The normalized spacial score (nSPS) is 16.5. The van der Waals surface area contributed by atoms with Crippen LogP contribution in [-0.2, 0) is 6.54 Å². The molecular formula is C18H24FN5. The third kappa shape index (κ3) is 5.07. The van der Waals surface area contributed by atoms with Gasteiger partial charge in [0, 0.05) is 44.8 Å². The number of rotatable bonds is 5. The van der Waals surface area contributed by atoms with E-state index in [2.05, 4.69) is 27.1 Å². The van der Waals surface area contributed by atoms with E-state index in [9.17, 15) is 4.39 Å². The summed E-state index contributed by atoms with van der Waals surface area (Å²) in [5.41, 5.74) is 0.906. The van der Waals surface area contributed by atoms with Crippen LogP contribution in [0.15, 0.2) is 35.8 Å². The Morgan fingerprint density at radius 2 is 2.25 bits per heavy atom. The molecule has 1 aromatic rings. The fourth-order valence-corrected chi connectivity index (χ4v) is 2.79. The van der Waals surface area contributed by atoms with Crippen LogP contribution in [0.4, 0.5) is 4.39 Å². The first-order valence-electron chi connectivity index (χ1n) is 8.15. The van der Waals surface area contributed by atoms with Crippen molar-refractivity contribution in [1.29, 1.82) is 5.26 Å². The van der Waals surface area contributed by atoms with E-state index in [0.717, 1.165) is 32.5 Å². The molecule has 0 unspecified atom stereocenters. The molecule has 0 amide bonds. The molecule has 0 spiro atoms. The second-order valence-corrected chi connectivity index (χ2v) is 5.85. The van der Waals surface area contributed by atoms with E-state index in [4.69, 9.17) is 5.26 Å². The first-order chi connectivity index (χ1) is 11.7. The van der Waals surface area contributed by atoms with Gasteiger partial charge >= 0.3 is 0 Å². The third-order valence-electron chi connectivity index (χ3n) is 4.16. The monoisotopic (exact) mass is 329 g/mol. The van der Waals surface area contributed by atoms with Crippen molar-refractivity contribution in [2.24, 2.45) is 4.99 Å².